The highest BCUT2D eigenvalue weighted by Gasteiger charge is 2.21. The van der Waals surface area contributed by atoms with Gasteiger partial charge in [-0.15, -0.1) is 15.7 Å². The molecular weight excluding hydrogens is 318 g/mol. The molecule has 0 heterocycles. The van der Waals surface area contributed by atoms with Crippen molar-refractivity contribution < 1.29 is 12.6 Å². The van der Waals surface area contributed by atoms with Crippen molar-refractivity contribution >= 4 is 32.6 Å². The molecule has 0 aromatic heterocycles. The van der Waals surface area contributed by atoms with Gasteiger partial charge in [-0.2, -0.15) is 0 Å². The Balaban J connectivity index is 2.84. The van der Waals surface area contributed by atoms with Gasteiger partial charge in [0.25, 0.3) is 10.0 Å². The van der Waals surface area contributed by atoms with Crippen LogP contribution >= 0.6 is 11.6 Å². The van der Waals surface area contributed by atoms with Crippen LogP contribution in [0.4, 0.5) is 0 Å². The number of rotatable bonds is 8. The van der Waals surface area contributed by atoms with Crippen LogP contribution in [0, 0.1) is 0 Å². The van der Waals surface area contributed by atoms with Gasteiger partial charge in [0, 0.05) is 5.88 Å². The van der Waals surface area contributed by atoms with Crippen molar-refractivity contribution in [1.82, 2.24) is 4.13 Å². The van der Waals surface area contributed by atoms with Crippen molar-refractivity contribution in [2.24, 2.45) is 0 Å². The standard InChI is InChI=1S/C13H18ClNO3S2/c1-2-3-7-12(10-11-14)19(16)15-20(17,18)13-8-5-4-6-9-13/h3-9,12,15H,2,10-11H2,1H3/b7-3+/t12-,19?/m0/s1. The molecule has 0 saturated carbocycles. The lowest BCUT2D eigenvalue weighted by Gasteiger charge is -2.12. The van der Waals surface area contributed by atoms with Crippen molar-refractivity contribution in [3.05, 3.63) is 42.5 Å². The number of allylic oxidation sites excluding steroid dienone is 1. The second-order valence-electron chi connectivity index (χ2n) is 4.05. The number of hydrogen-bond acceptors (Lipinski definition) is 3. The van der Waals surface area contributed by atoms with Crippen LogP contribution in [0.2, 0.25) is 0 Å². The second kappa shape index (κ2) is 8.56. The number of hydrogen-bond donors (Lipinski definition) is 1. The maximum atomic E-state index is 12.1. The molecule has 0 spiro atoms. The Morgan fingerprint density at radius 3 is 2.55 bits per heavy atom. The van der Waals surface area contributed by atoms with Crippen LogP contribution in [0.25, 0.3) is 0 Å². The first kappa shape index (κ1) is 17.4. The molecule has 7 heteroatoms. The van der Waals surface area contributed by atoms with E-state index in [9.17, 15) is 12.6 Å². The summed E-state index contributed by atoms with van der Waals surface area (Å²) in [4.78, 5) is 0.0949. The quantitative estimate of drug-likeness (QED) is 0.586. The summed E-state index contributed by atoms with van der Waals surface area (Å²) in [6.07, 6.45) is 4.83. The molecule has 4 nitrogen and oxygen atoms in total. The topological polar surface area (TPSA) is 63.2 Å². The van der Waals surface area contributed by atoms with Crippen LogP contribution in [0.15, 0.2) is 47.4 Å². The van der Waals surface area contributed by atoms with Crippen LogP contribution in [0.3, 0.4) is 0 Å². The lowest BCUT2D eigenvalue weighted by molar-refractivity contribution is 0.592. The third kappa shape index (κ3) is 5.36. The van der Waals surface area contributed by atoms with E-state index in [1.807, 2.05) is 13.0 Å². The molecule has 20 heavy (non-hydrogen) atoms. The average Bonchev–Trinajstić information content (AvgIpc) is 2.44. The lowest BCUT2D eigenvalue weighted by atomic mass is 10.3. The monoisotopic (exact) mass is 335 g/mol. The van der Waals surface area contributed by atoms with Crippen LogP contribution in [0.1, 0.15) is 19.8 Å². The van der Waals surface area contributed by atoms with E-state index in [0.717, 1.165) is 6.42 Å². The van der Waals surface area contributed by atoms with E-state index in [-0.39, 0.29) is 4.90 Å². The second-order valence-corrected chi connectivity index (χ2v) is 7.77. The molecule has 0 fully saturated rings. The average molecular weight is 336 g/mol. The third-order valence-corrected chi connectivity index (χ3v) is 6.09. The molecule has 1 rings (SSSR count). The minimum atomic E-state index is -3.78. The first-order valence-electron chi connectivity index (χ1n) is 6.22. The highest BCUT2D eigenvalue weighted by Crippen LogP contribution is 2.11. The van der Waals surface area contributed by atoms with E-state index in [1.165, 1.54) is 12.1 Å². The zero-order valence-electron chi connectivity index (χ0n) is 11.2. The lowest BCUT2D eigenvalue weighted by Crippen LogP contribution is -2.32. The number of halogens is 1. The fourth-order valence-corrected chi connectivity index (χ4v) is 4.70. The van der Waals surface area contributed by atoms with Crippen molar-refractivity contribution in [3.63, 3.8) is 0 Å². The molecule has 0 bridgehead atoms. The van der Waals surface area contributed by atoms with E-state index in [0.29, 0.717) is 12.3 Å². The first-order chi connectivity index (χ1) is 9.51. The smallest absolute Gasteiger partial charge is 0.241 e. The molecule has 0 aliphatic heterocycles. The molecule has 1 aromatic carbocycles. The van der Waals surface area contributed by atoms with Gasteiger partial charge in [-0.1, -0.05) is 37.3 Å². The minimum Gasteiger partial charge on any atom is -0.241 e. The first-order valence-corrected chi connectivity index (χ1v) is 9.45. The van der Waals surface area contributed by atoms with Crippen molar-refractivity contribution in [2.45, 2.75) is 29.9 Å². The molecule has 1 N–H and O–H groups in total. The summed E-state index contributed by atoms with van der Waals surface area (Å²) in [5.41, 5.74) is 0. The summed E-state index contributed by atoms with van der Waals surface area (Å²) >= 11 is 5.66. The van der Waals surface area contributed by atoms with Crippen LogP contribution in [0.5, 0.6) is 0 Å². The summed E-state index contributed by atoms with van der Waals surface area (Å²) in [6.45, 7) is 1.95. The summed E-state index contributed by atoms with van der Waals surface area (Å²) in [6, 6.07) is 7.86. The molecule has 0 amide bonds. The fraction of sp³-hybridized carbons (Fsp3) is 0.385. The summed E-state index contributed by atoms with van der Waals surface area (Å²) in [7, 11) is -5.51. The number of benzene rings is 1. The van der Waals surface area contributed by atoms with Crippen molar-refractivity contribution in [2.75, 3.05) is 5.88 Å². The van der Waals surface area contributed by atoms with Gasteiger partial charge < -0.3 is 0 Å². The molecule has 0 saturated heterocycles. The van der Waals surface area contributed by atoms with E-state index in [2.05, 4.69) is 4.13 Å². The van der Waals surface area contributed by atoms with Crippen LogP contribution < -0.4 is 4.13 Å². The molecule has 1 aromatic rings. The third-order valence-electron chi connectivity index (χ3n) is 2.50. The van der Waals surface area contributed by atoms with Crippen LogP contribution in [-0.4, -0.2) is 23.8 Å². The predicted molar refractivity (Wildman–Crippen MR) is 83.5 cm³/mol. The summed E-state index contributed by atoms with van der Waals surface area (Å²) < 4.78 is 38.5. The Labute approximate surface area is 127 Å². The molecule has 0 radical (unpaired) electrons. The normalized spacial score (nSPS) is 15.3. The Morgan fingerprint density at radius 2 is 2.00 bits per heavy atom. The highest BCUT2D eigenvalue weighted by molar-refractivity contribution is 8.02. The summed E-state index contributed by atoms with van der Waals surface area (Å²) in [5, 5.41) is -0.425. The number of nitrogens with one attached hydrogen (secondary N) is 1. The molecule has 0 aliphatic carbocycles. The van der Waals surface area contributed by atoms with Gasteiger partial charge >= 0.3 is 0 Å². The molecular formula is C13H18ClNO3S2. The van der Waals surface area contributed by atoms with E-state index in [4.69, 9.17) is 11.6 Å². The Morgan fingerprint density at radius 1 is 1.35 bits per heavy atom. The predicted octanol–water partition coefficient (Wildman–Crippen LogP) is 2.59. The van der Waals surface area contributed by atoms with Crippen LogP contribution in [-0.2, 0) is 21.0 Å². The molecule has 112 valence electrons. The van der Waals surface area contributed by atoms with Gasteiger partial charge in [0.2, 0.25) is 0 Å². The van der Waals surface area contributed by atoms with Gasteiger partial charge in [0.1, 0.15) is 11.0 Å². The van der Waals surface area contributed by atoms with Crippen molar-refractivity contribution in [3.8, 4) is 0 Å². The minimum absolute atomic E-state index is 0.0949. The van der Waals surface area contributed by atoms with E-state index >= 15 is 0 Å². The number of alkyl halides is 1. The maximum Gasteiger partial charge on any atom is 0.251 e. The number of sulfonamides is 1. The van der Waals surface area contributed by atoms with E-state index in [1.54, 1.807) is 24.3 Å². The Bertz CT molecular complexity index is 558. The van der Waals surface area contributed by atoms with Gasteiger partial charge in [0.05, 0.1) is 10.1 Å². The molecule has 1 unspecified atom stereocenters. The Hall–Kier alpha value is -0.690. The molecule has 0 aliphatic rings. The van der Waals surface area contributed by atoms with Crippen molar-refractivity contribution in [1.29, 1.82) is 0 Å². The summed E-state index contributed by atoms with van der Waals surface area (Å²) in [5.74, 6) is 0.317. The Kier molecular flexibility index (Phi) is 7.43. The van der Waals surface area contributed by atoms with Gasteiger partial charge in [-0.3, -0.25) is 0 Å². The zero-order chi connectivity index (χ0) is 15.0. The van der Waals surface area contributed by atoms with Gasteiger partial charge in [-0.05, 0) is 25.0 Å². The highest BCUT2D eigenvalue weighted by atomic mass is 35.5. The largest absolute Gasteiger partial charge is 0.251 e. The molecule has 2 atom stereocenters. The fourth-order valence-electron chi connectivity index (χ4n) is 1.49. The van der Waals surface area contributed by atoms with Gasteiger partial charge in [0.15, 0.2) is 0 Å². The maximum absolute atomic E-state index is 12.1. The zero-order valence-corrected chi connectivity index (χ0v) is 13.5. The van der Waals surface area contributed by atoms with E-state index < -0.39 is 26.3 Å². The SMILES string of the molecule is CC/C=C/[C@@H](CCCl)S(=O)NS(=O)(=O)c1ccccc1. The van der Waals surface area contributed by atoms with Gasteiger partial charge in [-0.25, -0.2) is 12.6 Å².